The molecule has 1 aromatic heterocycles. The van der Waals surface area contributed by atoms with Gasteiger partial charge in [-0.2, -0.15) is 4.98 Å². The molecule has 2 aliphatic rings. The number of benzene rings is 1. The molecule has 1 amide bonds. The lowest BCUT2D eigenvalue weighted by Gasteiger charge is -2.31. The summed E-state index contributed by atoms with van der Waals surface area (Å²) in [6, 6.07) is 7.91. The van der Waals surface area contributed by atoms with E-state index in [9.17, 15) is 4.79 Å². The maximum Gasteiger partial charge on any atom is 0.229 e. The number of hydrogen-bond acceptors (Lipinski definition) is 5. The molecule has 2 N–H and O–H groups in total. The lowest BCUT2D eigenvalue weighted by molar-refractivity contribution is -0.128. The molecule has 26 heavy (non-hydrogen) atoms. The topological polar surface area (TPSA) is 85.2 Å². The van der Waals surface area contributed by atoms with Crippen LogP contribution < -0.4 is 5.73 Å². The van der Waals surface area contributed by atoms with Crippen molar-refractivity contribution in [3.05, 3.63) is 53.3 Å². The molecule has 138 valence electrons. The van der Waals surface area contributed by atoms with Crippen LogP contribution in [0.15, 0.2) is 35.0 Å². The van der Waals surface area contributed by atoms with Gasteiger partial charge in [0, 0.05) is 13.1 Å². The predicted molar refractivity (Wildman–Crippen MR) is 100 cm³/mol. The van der Waals surface area contributed by atoms with E-state index < -0.39 is 5.54 Å². The zero-order valence-corrected chi connectivity index (χ0v) is 15.5. The lowest BCUT2D eigenvalue weighted by atomic mass is 9.93. The maximum atomic E-state index is 12.1. The molecule has 0 radical (unpaired) electrons. The summed E-state index contributed by atoms with van der Waals surface area (Å²) in [6.45, 7) is 1.57. The fraction of sp³-hybridized carbons (Fsp3) is 0.421. The van der Waals surface area contributed by atoms with Crippen LogP contribution in [-0.4, -0.2) is 20.9 Å². The van der Waals surface area contributed by atoms with Crippen LogP contribution in [0.1, 0.15) is 61.5 Å². The summed E-state index contributed by atoms with van der Waals surface area (Å²) in [5, 5.41) is 4.13. The molecule has 1 aliphatic carbocycles. The lowest BCUT2D eigenvalue weighted by Crippen LogP contribution is -2.34. The Morgan fingerprint density at radius 2 is 2.08 bits per heavy atom. The summed E-state index contributed by atoms with van der Waals surface area (Å²) in [7, 11) is 0. The van der Waals surface area contributed by atoms with Gasteiger partial charge in [-0.3, -0.25) is 4.79 Å². The molecule has 1 aromatic carbocycles. The number of carbonyl (C=O) groups excluding carboxylic acids is 1. The molecule has 0 spiro atoms. The van der Waals surface area contributed by atoms with Gasteiger partial charge in [0.05, 0.1) is 18.0 Å². The van der Waals surface area contributed by atoms with Crippen molar-refractivity contribution >= 4 is 24.4 Å². The fourth-order valence-corrected chi connectivity index (χ4v) is 3.85. The first-order valence-corrected chi connectivity index (χ1v) is 8.75. The van der Waals surface area contributed by atoms with Gasteiger partial charge in [0.15, 0.2) is 5.82 Å². The Hall–Kier alpha value is -2.18. The van der Waals surface area contributed by atoms with Crippen molar-refractivity contribution in [3.8, 4) is 0 Å². The summed E-state index contributed by atoms with van der Waals surface area (Å²) < 4.78 is 5.48. The van der Waals surface area contributed by atoms with E-state index in [0.29, 0.717) is 18.1 Å². The van der Waals surface area contributed by atoms with Gasteiger partial charge < -0.3 is 15.2 Å². The number of aromatic nitrogens is 2. The molecule has 6 nitrogen and oxygen atoms in total. The molecule has 1 atom stereocenters. The molecule has 1 aliphatic heterocycles. The molecule has 1 unspecified atom stereocenters. The van der Waals surface area contributed by atoms with Crippen molar-refractivity contribution in [2.75, 3.05) is 0 Å². The number of halogens is 1. The Bertz CT molecular complexity index is 826. The molecule has 7 heteroatoms. The van der Waals surface area contributed by atoms with Crippen LogP contribution >= 0.6 is 12.4 Å². The maximum absolute atomic E-state index is 12.1. The van der Waals surface area contributed by atoms with Crippen molar-refractivity contribution < 1.29 is 9.32 Å². The van der Waals surface area contributed by atoms with Crippen molar-refractivity contribution in [3.63, 3.8) is 0 Å². The molecule has 1 fully saturated rings. The quantitative estimate of drug-likeness (QED) is 0.890. The predicted octanol–water partition coefficient (Wildman–Crippen LogP) is 3.34. The summed E-state index contributed by atoms with van der Waals surface area (Å²) in [5.74, 6) is 1.10. The van der Waals surface area contributed by atoms with Gasteiger partial charge in [0.1, 0.15) is 0 Å². The molecule has 0 saturated heterocycles. The molecule has 4 rings (SSSR count). The van der Waals surface area contributed by atoms with Gasteiger partial charge in [-0.25, -0.2) is 0 Å². The number of nitrogens with two attached hydrogens (primary N) is 1. The van der Waals surface area contributed by atoms with Crippen LogP contribution in [0.2, 0.25) is 0 Å². The normalized spacial score (nSPS) is 20.5. The van der Waals surface area contributed by atoms with Crippen molar-refractivity contribution in [2.24, 2.45) is 5.73 Å². The fourth-order valence-electron chi connectivity index (χ4n) is 3.85. The smallest absolute Gasteiger partial charge is 0.229 e. The highest BCUT2D eigenvalue weighted by atomic mass is 35.5. The van der Waals surface area contributed by atoms with Crippen LogP contribution in [0.4, 0.5) is 0 Å². The molecular weight excluding hydrogens is 352 g/mol. The van der Waals surface area contributed by atoms with Gasteiger partial charge in [-0.15, -0.1) is 12.4 Å². The minimum atomic E-state index is -0.466. The van der Waals surface area contributed by atoms with Crippen molar-refractivity contribution in [1.29, 1.82) is 0 Å². The number of fused-ring (bicyclic) bond motifs is 1. The number of nitrogens with zero attached hydrogens (tertiary/aromatic N) is 3. The van der Waals surface area contributed by atoms with E-state index in [-0.39, 0.29) is 24.4 Å². The third kappa shape index (κ3) is 3.27. The first-order chi connectivity index (χ1) is 12.1. The first kappa shape index (κ1) is 18.6. The zero-order chi connectivity index (χ0) is 17.4. The summed E-state index contributed by atoms with van der Waals surface area (Å²) in [5.41, 5.74) is 8.15. The zero-order valence-electron chi connectivity index (χ0n) is 14.7. The second-order valence-corrected chi connectivity index (χ2v) is 6.97. The van der Waals surface area contributed by atoms with E-state index in [2.05, 4.69) is 10.1 Å². The third-order valence-electron chi connectivity index (χ3n) is 5.25. The first-order valence-electron chi connectivity index (χ1n) is 8.75. The number of amides is 1. The highest BCUT2D eigenvalue weighted by Gasteiger charge is 2.36. The van der Waals surface area contributed by atoms with Crippen LogP contribution in [0.25, 0.3) is 6.08 Å². The third-order valence-corrected chi connectivity index (χ3v) is 5.25. The summed E-state index contributed by atoms with van der Waals surface area (Å²) in [4.78, 5) is 18.3. The Morgan fingerprint density at radius 1 is 1.35 bits per heavy atom. The Balaban J connectivity index is 0.00000196. The average molecular weight is 375 g/mol. The van der Waals surface area contributed by atoms with Crippen LogP contribution in [-0.2, 0) is 16.8 Å². The minimum absolute atomic E-state index is 0. The number of hydrogen-bond donors (Lipinski definition) is 1. The van der Waals surface area contributed by atoms with Gasteiger partial charge in [0.2, 0.25) is 11.8 Å². The summed E-state index contributed by atoms with van der Waals surface area (Å²) >= 11 is 0. The van der Waals surface area contributed by atoms with E-state index in [1.54, 1.807) is 11.8 Å². The Morgan fingerprint density at radius 3 is 2.81 bits per heavy atom. The van der Waals surface area contributed by atoms with Crippen LogP contribution in [0.5, 0.6) is 0 Å². The van der Waals surface area contributed by atoms with E-state index in [1.165, 1.54) is 0 Å². The van der Waals surface area contributed by atoms with Gasteiger partial charge >= 0.3 is 0 Å². The second-order valence-electron chi connectivity index (χ2n) is 6.97. The van der Waals surface area contributed by atoms with Crippen LogP contribution in [0.3, 0.4) is 0 Å². The monoisotopic (exact) mass is 374 g/mol. The van der Waals surface area contributed by atoms with E-state index in [4.69, 9.17) is 10.3 Å². The standard InChI is InChI=1S/C19H22N4O2.ClH/c1-13(24)23-11-8-14-6-2-3-7-15(14)16(23)12-17-21-18(22-25-17)19(20)9-4-5-10-19;/h2-3,6-8,11,16H,4-5,9-10,12,20H2,1H3;1H. The highest BCUT2D eigenvalue weighted by molar-refractivity contribution is 5.85. The highest BCUT2D eigenvalue weighted by Crippen LogP contribution is 2.36. The Kier molecular flexibility index (Phi) is 5.16. The van der Waals surface area contributed by atoms with Gasteiger partial charge in [-0.05, 0) is 30.0 Å². The van der Waals surface area contributed by atoms with Crippen molar-refractivity contribution in [1.82, 2.24) is 15.0 Å². The average Bonchev–Trinajstić information content (AvgIpc) is 3.25. The van der Waals surface area contributed by atoms with Crippen LogP contribution in [0, 0.1) is 0 Å². The number of carbonyl (C=O) groups is 1. The second kappa shape index (κ2) is 7.21. The van der Waals surface area contributed by atoms with Gasteiger partial charge in [0.25, 0.3) is 0 Å². The Labute approximate surface area is 158 Å². The van der Waals surface area contributed by atoms with E-state index in [1.807, 2.05) is 36.5 Å². The largest absolute Gasteiger partial charge is 0.339 e. The molecular formula is C19H23ClN4O2. The minimum Gasteiger partial charge on any atom is -0.339 e. The molecule has 1 saturated carbocycles. The van der Waals surface area contributed by atoms with Crippen molar-refractivity contribution in [2.45, 2.75) is 50.6 Å². The van der Waals surface area contributed by atoms with Gasteiger partial charge in [-0.1, -0.05) is 42.3 Å². The molecule has 2 heterocycles. The van der Waals surface area contributed by atoms with E-state index >= 15 is 0 Å². The number of rotatable bonds is 3. The molecule has 2 aromatic rings. The summed E-state index contributed by atoms with van der Waals surface area (Å²) in [6.07, 6.45) is 8.23. The SMILES string of the molecule is CC(=O)N1C=Cc2ccccc2C1Cc1nc(C2(N)CCCC2)no1.Cl. The molecule has 0 bridgehead atoms. The van der Waals surface area contributed by atoms with E-state index in [0.717, 1.165) is 36.8 Å².